The lowest BCUT2D eigenvalue weighted by Gasteiger charge is -2.13. The molecule has 2 amide bonds. The van der Waals surface area contributed by atoms with Crippen LogP contribution in [0.15, 0.2) is 48.5 Å². The molecular weight excluding hydrogens is 320 g/mol. The molecule has 0 aromatic heterocycles. The maximum absolute atomic E-state index is 12.3. The minimum Gasteiger partial charge on any atom is -0.453 e. The van der Waals surface area contributed by atoms with E-state index in [4.69, 9.17) is 4.74 Å². The van der Waals surface area contributed by atoms with Crippen molar-refractivity contribution in [1.82, 2.24) is 4.90 Å². The Kier molecular flexibility index (Phi) is 4.52. The van der Waals surface area contributed by atoms with Gasteiger partial charge in [0, 0.05) is 30.9 Å². The van der Waals surface area contributed by atoms with Gasteiger partial charge in [-0.25, -0.2) is 4.79 Å². The van der Waals surface area contributed by atoms with E-state index >= 15 is 0 Å². The van der Waals surface area contributed by atoms with Crippen LogP contribution in [0.4, 0.5) is 5.69 Å². The van der Waals surface area contributed by atoms with E-state index in [9.17, 15) is 14.4 Å². The number of cyclic esters (lactones) is 1. The van der Waals surface area contributed by atoms with Gasteiger partial charge >= 0.3 is 5.97 Å². The van der Waals surface area contributed by atoms with Gasteiger partial charge in [-0.2, -0.15) is 0 Å². The zero-order valence-corrected chi connectivity index (χ0v) is 14.0. The first-order valence-corrected chi connectivity index (χ1v) is 7.87. The fourth-order valence-electron chi connectivity index (χ4n) is 2.74. The summed E-state index contributed by atoms with van der Waals surface area (Å²) in [6, 6.07) is 13.8. The van der Waals surface area contributed by atoms with Gasteiger partial charge in [-0.15, -0.1) is 0 Å². The molecule has 1 aliphatic rings. The Bertz CT molecular complexity index is 845. The average molecular weight is 338 g/mol. The standard InChI is InChI=1S/C19H18N2O4/c1-21(2)18(23)12-6-5-7-13(10-12)20-17(22)11-16-14-8-3-4-9-15(14)19(24)25-16/h3-10,16H,11H2,1-2H3,(H,20,22)/t16-/m1/s1. The molecule has 0 spiro atoms. The largest absolute Gasteiger partial charge is 0.453 e. The molecule has 2 aromatic rings. The first kappa shape index (κ1) is 16.7. The second-order valence-electron chi connectivity index (χ2n) is 6.01. The van der Waals surface area contributed by atoms with Crippen molar-refractivity contribution < 1.29 is 19.1 Å². The Labute approximate surface area is 145 Å². The van der Waals surface area contributed by atoms with E-state index in [1.165, 1.54) is 4.90 Å². The molecule has 0 unspecified atom stereocenters. The molecule has 6 nitrogen and oxygen atoms in total. The number of carbonyl (C=O) groups is 3. The monoisotopic (exact) mass is 338 g/mol. The van der Waals surface area contributed by atoms with E-state index in [-0.39, 0.29) is 18.2 Å². The van der Waals surface area contributed by atoms with Crippen molar-refractivity contribution in [2.45, 2.75) is 12.5 Å². The summed E-state index contributed by atoms with van der Waals surface area (Å²) < 4.78 is 5.27. The van der Waals surface area contributed by atoms with Crippen LogP contribution in [0.5, 0.6) is 0 Å². The lowest BCUT2D eigenvalue weighted by Crippen LogP contribution is -2.22. The molecule has 0 radical (unpaired) electrons. The molecule has 2 aromatic carbocycles. The predicted molar refractivity (Wildman–Crippen MR) is 92.3 cm³/mol. The van der Waals surface area contributed by atoms with Gasteiger partial charge < -0.3 is 15.0 Å². The Morgan fingerprint density at radius 1 is 1.12 bits per heavy atom. The summed E-state index contributed by atoms with van der Waals surface area (Å²) in [5, 5.41) is 2.75. The summed E-state index contributed by atoms with van der Waals surface area (Å²) in [4.78, 5) is 37.6. The summed E-state index contributed by atoms with van der Waals surface area (Å²) in [7, 11) is 3.33. The van der Waals surface area contributed by atoms with Crippen molar-refractivity contribution in [3.05, 3.63) is 65.2 Å². The first-order valence-electron chi connectivity index (χ1n) is 7.87. The SMILES string of the molecule is CN(C)C(=O)c1cccc(NC(=O)C[C@H]2OC(=O)c3ccccc32)c1. The van der Waals surface area contributed by atoms with Crippen molar-refractivity contribution in [3.63, 3.8) is 0 Å². The molecule has 0 aliphatic carbocycles. The maximum Gasteiger partial charge on any atom is 0.339 e. The molecule has 1 heterocycles. The van der Waals surface area contributed by atoms with Crippen molar-refractivity contribution in [3.8, 4) is 0 Å². The highest BCUT2D eigenvalue weighted by Gasteiger charge is 2.32. The highest BCUT2D eigenvalue weighted by molar-refractivity contribution is 5.98. The third-order valence-electron chi connectivity index (χ3n) is 3.95. The third-order valence-corrected chi connectivity index (χ3v) is 3.95. The third kappa shape index (κ3) is 3.52. The minimum atomic E-state index is -0.588. The van der Waals surface area contributed by atoms with Crippen LogP contribution in [0, 0.1) is 0 Å². The average Bonchev–Trinajstić information content (AvgIpc) is 2.90. The van der Waals surface area contributed by atoms with Crippen LogP contribution >= 0.6 is 0 Å². The number of benzene rings is 2. The number of ether oxygens (including phenoxy) is 1. The predicted octanol–water partition coefficient (Wildman–Crippen LogP) is 2.63. The zero-order valence-electron chi connectivity index (χ0n) is 14.0. The molecule has 0 bridgehead atoms. The van der Waals surface area contributed by atoms with Gasteiger partial charge in [-0.05, 0) is 24.3 Å². The van der Waals surface area contributed by atoms with Crippen LogP contribution in [-0.2, 0) is 9.53 Å². The maximum atomic E-state index is 12.3. The first-order chi connectivity index (χ1) is 12.0. The number of amides is 2. The van der Waals surface area contributed by atoms with E-state index in [0.717, 1.165) is 5.56 Å². The van der Waals surface area contributed by atoms with Crippen molar-refractivity contribution in [2.75, 3.05) is 19.4 Å². The molecule has 1 aliphatic heterocycles. The van der Waals surface area contributed by atoms with Gasteiger partial charge in [-0.1, -0.05) is 24.3 Å². The number of fused-ring (bicyclic) bond motifs is 1. The van der Waals surface area contributed by atoms with Crippen molar-refractivity contribution >= 4 is 23.5 Å². The number of hydrogen-bond donors (Lipinski definition) is 1. The van der Waals surface area contributed by atoms with E-state index in [0.29, 0.717) is 16.8 Å². The molecule has 1 N–H and O–H groups in total. The van der Waals surface area contributed by atoms with Gasteiger partial charge in [-0.3, -0.25) is 9.59 Å². The van der Waals surface area contributed by atoms with Crippen LogP contribution in [0.1, 0.15) is 38.8 Å². The number of nitrogens with zero attached hydrogens (tertiary/aromatic N) is 1. The molecule has 6 heteroatoms. The van der Waals surface area contributed by atoms with Crippen LogP contribution in [-0.4, -0.2) is 36.8 Å². The van der Waals surface area contributed by atoms with Crippen LogP contribution in [0.2, 0.25) is 0 Å². The molecule has 3 rings (SSSR count). The van der Waals surface area contributed by atoms with Gasteiger partial charge in [0.05, 0.1) is 12.0 Å². The van der Waals surface area contributed by atoms with E-state index in [2.05, 4.69) is 5.32 Å². The summed E-state index contributed by atoms with van der Waals surface area (Å²) in [5.74, 6) is -0.842. The number of carbonyl (C=O) groups excluding carboxylic acids is 3. The number of anilines is 1. The number of hydrogen-bond acceptors (Lipinski definition) is 4. The Morgan fingerprint density at radius 3 is 2.64 bits per heavy atom. The highest BCUT2D eigenvalue weighted by atomic mass is 16.5. The molecular formula is C19H18N2O4. The highest BCUT2D eigenvalue weighted by Crippen LogP contribution is 2.32. The quantitative estimate of drug-likeness (QED) is 0.870. The molecule has 128 valence electrons. The van der Waals surface area contributed by atoms with Crippen LogP contribution < -0.4 is 5.32 Å². The summed E-state index contributed by atoms with van der Waals surface area (Å²) >= 11 is 0. The lowest BCUT2D eigenvalue weighted by atomic mass is 10.0. The summed E-state index contributed by atoms with van der Waals surface area (Å²) in [6.07, 6.45) is -0.565. The zero-order chi connectivity index (χ0) is 18.0. The molecule has 0 saturated carbocycles. The molecule has 0 fully saturated rings. The number of rotatable bonds is 4. The second-order valence-corrected chi connectivity index (χ2v) is 6.01. The molecule has 1 atom stereocenters. The smallest absolute Gasteiger partial charge is 0.339 e. The van der Waals surface area contributed by atoms with Crippen LogP contribution in [0.3, 0.4) is 0 Å². The van der Waals surface area contributed by atoms with Crippen LogP contribution in [0.25, 0.3) is 0 Å². The lowest BCUT2D eigenvalue weighted by molar-refractivity contribution is -0.118. The number of esters is 1. The normalized spacial score (nSPS) is 15.3. The number of nitrogens with one attached hydrogen (secondary N) is 1. The fraction of sp³-hybridized carbons (Fsp3) is 0.211. The fourth-order valence-corrected chi connectivity index (χ4v) is 2.74. The van der Waals surface area contributed by atoms with Crippen molar-refractivity contribution in [2.24, 2.45) is 0 Å². The van der Waals surface area contributed by atoms with E-state index < -0.39 is 12.1 Å². The Balaban J connectivity index is 1.69. The van der Waals surface area contributed by atoms with Crippen molar-refractivity contribution in [1.29, 1.82) is 0 Å². The van der Waals surface area contributed by atoms with Gasteiger partial charge in [0.15, 0.2) is 0 Å². The summed E-state index contributed by atoms with van der Waals surface area (Å²) in [6.45, 7) is 0. The van der Waals surface area contributed by atoms with Gasteiger partial charge in [0.25, 0.3) is 5.91 Å². The Morgan fingerprint density at radius 2 is 1.88 bits per heavy atom. The second kappa shape index (κ2) is 6.76. The topological polar surface area (TPSA) is 75.7 Å². The minimum absolute atomic E-state index is 0.0224. The Hall–Kier alpha value is -3.15. The summed E-state index contributed by atoms with van der Waals surface area (Å²) in [5.41, 5.74) is 2.23. The molecule has 25 heavy (non-hydrogen) atoms. The van der Waals surface area contributed by atoms with E-state index in [1.807, 2.05) is 6.07 Å². The molecule has 0 saturated heterocycles. The van der Waals surface area contributed by atoms with Gasteiger partial charge in [0.1, 0.15) is 6.10 Å². The van der Waals surface area contributed by atoms with Gasteiger partial charge in [0.2, 0.25) is 5.91 Å². The van der Waals surface area contributed by atoms with E-state index in [1.54, 1.807) is 56.6 Å².